The molecule has 0 N–H and O–H groups in total. The van der Waals surface area contributed by atoms with Crippen LogP contribution in [-0.4, -0.2) is 29.4 Å². The van der Waals surface area contributed by atoms with Crippen molar-refractivity contribution in [3.05, 3.63) is 0 Å². The van der Waals surface area contributed by atoms with E-state index in [0.717, 1.165) is 19.3 Å². The third-order valence-electron chi connectivity index (χ3n) is 2.23. The van der Waals surface area contributed by atoms with Crippen LogP contribution in [0.2, 0.25) is 6.04 Å². The van der Waals surface area contributed by atoms with E-state index in [9.17, 15) is 13.2 Å². The minimum atomic E-state index is -4.71. The number of hydrogen-bond donors (Lipinski definition) is 0. The van der Waals surface area contributed by atoms with Gasteiger partial charge in [0.2, 0.25) is 0 Å². The van der Waals surface area contributed by atoms with Gasteiger partial charge in [-0.05, 0) is 6.42 Å². The van der Waals surface area contributed by atoms with Crippen LogP contribution in [0.3, 0.4) is 0 Å². The third kappa shape index (κ3) is 6.47. The number of hydrogen-bond acceptors (Lipinski definition) is 3. The smallest absolute Gasteiger partial charge is 0.377 e. The van der Waals surface area contributed by atoms with Crippen molar-refractivity contribution in [2.45, 2.75) is 45.0 Å². The Morgan fingerprint density at radius 3 is 1.94 bits per heavy atom. The maximum atomic E-state index is 12.2. The zero-order valence-electron chi connectivity index (χ0n) is 9.89. The molecule has 0 fully saturated rings. The van der Waals surface area contributed by atoms with Crippen molar-refractivity contribution in [2.75, 3.05) is 14.2 Å². The molecule has 0 saturated heterocycles. The maximum absolute atomic E-state index is 12.2. The van der Waals surface area contributed by atoms with E-state index in [2.05, 4.69) is 4.43 Å². The lowest BCUT2D eigenvalue weighted by atomic mass is 10.2. The van der Waals surface area contributed by atoms with E-state index < -0.39 is 15.2 Å². The van der Waals surface area contributed by atoms with E-state index in [1.807, 2.05) is 6.92 Å². The molecular formula is C9H19F3O3Si. The molecule has 0 aromatic heterocycles. The van der Waals surface area contributed by atoms with Gasteiger partial charge in [-0.3, -0.25) is 4.43 Å². The van der Waals surface area contributed by atoms with E-state index in [1.165, 1.54) is 14.2 Å². The van der Waals surface area contributed by atoms with E-state index >= 15 is 0 Å². The van der Waals surface area contributed by atoms with Gasteiger partial charge in [0.25, 0.3) is 0 Å². The van der Waals surface area contributed by atoms with Gasteiger partial charge in [0.1, 0.15) is 0 Å². The highest BCUT2D eigenvalue weighted by atomic mass is 28.4. The molecule has 0 rings (SSSR count). The first-order valence-corrected chi connectivity index (χ1v) is 7.19. The second-order valence-corrected chi connectivity index (χ2v) is 6.34. The van der Waals surface area contributed by atoms with Crippen molar-refractivity contribution in [2.24, 2.45) is 0 Å². The summed E-state index contributed by atoms with van der Waals surface area (Å²) in [7, 11) is -1.16. The van der Waals surface area contributed by atoms with E-state index in [-0.39, 0.29) is 6.04 Å². The van der Waals surface area contributed by atoms with Crippen molar-refractivity contribution < 1.29 is 26.4 Å². The molecule has 98 valence electrons. The molecule has 0 saturated carbocycles. The molecule has 0 aliphatic carbocycles. The number of halogens is 3. The Morgan fingerprint density at radius 1 is 1.00 bits per heavy atom. The minimum Gasteiger partial charge on any atom is -0.377 e. The van der Waals surface area contributed by atoms with Crippen molar-refractivity contribution in [3.63, 3.8) is 0 Å². The predicted molar refractivity (Wildman–Crippen MR) is 55.9 cm³/mol. The highest BCUT2D eigenvalue weighted by Gasteiger charge is 2.49. The summed E-state index contributed by atoms with van der Waals surface area (Å²) in [5.41, 5.74) is 0. The normalized spacial score (nSPS) is 13.1. The fraction of sp³-hybridized carbons (Fsp3) is 1.00. The topological polar surface area (TPSA) is 27.7 Å². The minimum absolute atomic E-state index is 0.194. The quantitative estimate of drug-likeness (QED) is 0.495. The zero-order valence-corrected chi connectivity index (χ0v) is 10.9. The van der Waals surface area contributed by atoms with E-state index in [4.69, 9.17) is 8.85 Å². The Balaban J connectivity index is 4.21. The second kappa shape index (κ2) is 7.26. The third-order valence-corrected chi connectivity index (χ3v) is 4.98. The van der Waals surface area contributed by atoms with Crippen molar-refractivity contribution in [1.29, 1.82) is 0 Å². The van der Waals surface area contributed by atoms with Crippen molar-refractivity contribution >= 4 is 8.80 Å². The lowest BCUT2D eigenvalue weighted by Crippen LogP contribution is -2.47. The highest BCUT2D eigenvalue weighted by Crippen LogP contribution is 2.27. The van der Waals surface area contributed by atoms with Crippen LogP contribution in [0.25, 0.3) is 0 Å². The predicted octanol–water partition coefficient (Wildman–Crippen LogP) is 3.33. The molecule has 0 heterocycles. The Kier molecular flexibility index (Phi) is 7.21. The monoisotopic (exact) mass is 260 g/mol. The average Bonchev–Trinajstić information content (AvgIpc) is 2.21. The molecule has 3 nitrogen and oxygen atoms in total. The van der Waals surface area contributed by atoms with Crippen LogP contribution < -0.4 is 0 Å². The Labute approximate surface area is 95.2 Å². The van der Waals surface area contributed by atoms with Crippen LogP contribution in [0.15, 0.2) is 0 Å². The van der Waals surface area contributed by atoms with E-state index in [0.29, 0.717) is 6.42 Å². The van der Waals surface area contributed by atoms with Crippen LogP contribution in [-0.2, 0) is 13.3 Å². The summed E-state index contributed by atoms with van der Waals surface area (Å²) in [6.07, 6.45) is -1.21. The number of unbranched alkanes of at least 4 members (excludes halogenated alkanes) is 3. The number of rotatable bonds is 8. The van der Waals surface area contributed by atoms with Gasteiger partial charge in [-0.2, -0.15) is 0 Å². The van der Waals surface area contributed by atoms with Gasteiger partial charge in [-0.1, -0.05) is 26.2 Å². The van der Waals surface area contributed by atoms with E-state index in [1.54, 1.807) is 0 Å². The van der Waals surface area contributed by atoms with Crippen LogP contribution >= 0.6 is 0 Å². The summed E-state index contributed by atoms with van der Waals surface area (Å²) in [5.74, 6) is 0. The van der Waals surface area contributed by atoms with Gasteiger partial charge in [-0.25, -0.2) is 0 Å². The second-order valence-electron chi connectivity index (χ2n) is 3.45. The summed E-state index contributed by atoms with van der Waals surface area (Å²) in [5, 5.41) is 0. The lowest BCUT2D eigenvalue weighted by Gasteiger charge is -2.27. The van der Waals surface area contributed by atoms with Crippen LogP contribution in [0.1, 0.15) is 32.6 Å². The zero-order chi connectivity index (χ0) is 12.7. The lowest BCUT2D eigenvalue weighted by molar-refractivity contribution is -0.296. The Bertz CT molecular complexity index is 183. The summed E-state index contributed by atoms with van der Waals surface area (Å²) in [6.45, 7) is 2.03. The molecule has 0 aliphatic rings. The van der Waals surface area contributed by atoms with Gasteiger partial charge in [0, 0.05) is 20.3 Å². The van der Waals surface area contributed by atoms with Crippen LogP contribution in [0.4, 0.5) is 13.2 Å². The Morgan fingerprint density at radius 2 is 1.56 bits per heavy atom. The molecule has 0 bridgehead atoms. The van der Waals surface area contributed by atoms with Gasteiger partial charge in [-0.15, -0.1) is 13.2 Å². The summed E-state index contributed by atoms with van der Waals surface area (Å²) >= 11 is 0. The summed E-state index contributed by atoms with van der Waals surface area (Å²) < 4.78 is 50.1. The maximum Gasteiger partial charge on any atom is 0.516 e. The van der Waals surface area contributed by atoms with Gasteiger partial charge >= 0.3 is 15.2 Å². The molecule has 0 aromatic carbocycles. The molecule has 16 heavy (non-hydrogen) atoms. The standard InChI is InChI=1S/C9H19F3O3Si/c1-4-5-6-7-8-16(13-2,14-3)15-9(10,11)12/h4-8H2,1-3H3. The van der Waals surface area contributed by atoms with Crippen molar-refractivity contribution in [3.8, 4) is 0 Å². The highest BCUT2D eigenvalue weighted by molar-refractivity contribution is 6.60. The molecular weight excluding hydrogens is 241 g/mol. The fourth-order valence-corrected chi connectivity index (χ4v) is 3.25. The van der Waals surface area contributed by atoms with Crippen LogP contribution in [0, 0.1) is 0 Å². The average molecular weight is 260 g/mol. The molecule has 7 heteroatoms. The van der Waals surface area contributed by atoms with Gasteiger partial charge in [0.05, 0.1) is 0 Å². The number of alkyl halides is 3. The largest absolute Gasteiger partial charge is 0.516 e. The van der Waals surface area contributed by atoms with Crippen LogP contribution in [0.5, 0.6) is 0 Å². The van der Waals surface area contributed by atoms with Gasteiger partial charge < -0.3 is 8.85 Å². The first-order chi connectivity index (χ1) is 7.39. The summed E-state index contributed by atoms with van der Waals surface area (Å²) in [4.78, 5) is 0. The van der Waals surface area contributed by atoms with Gasteiger partial charge in [0.15, 0.2) is 0 Å². The molecule has 0 amide bonds. The van der Waals surface area contributed by atoms with Crippen molar-refractivity contribution in [1.82, 2.24) is 0 Å². The molecule has 0 aromatic rings. The molecule has 0 aliphatic heterocycles. The fourth-order valence-electron chi connectivity index (χ4n) is 1.37. The Hall–Kier alpha value is -0.113. The first-order valence-electron chi connectivity index (χ1n) is 5.26. The first kappa shape index (κ1) is 15.9. The molecule has 0 spiro atoms. The molecule has 0 atom stereocenters. The SMILES string of the molecule is CCCCCC[Si](OC)(OC)OC(F)(F)F. The molecule has 0 radical (unpaired) electrons. The summed E-state index contributed by atoms with van der Waals surface area (Å²) in [6, 6.07) is 0.194. The molecule has 0 unspecified atom stereocenters.